The first-order valence-corrected chi connectivity index (χ1v) is 2.97. The van der Waals surface area contributed by atoms with Crippen molar-refractivity contribution in [2.75, 3.05) is 0 Å². The van der Waals surface area contributed by atoms with Crippen molar-refractivity contribution in [3.63, 3.8) is 0 Å². The Morgan fingerprint density at radius 2 is 2.00 bits per heavy atom. The van der Waals surface area contributed by atoms with Gasteiger partial charge in [0.2, 0.25) is 0 Å². The average Bonchev–Trinajstić information content (AvgIpc) is 1.90. The van der Waals surface area contributed by atoms with E-state index in [4.69, 9.17) is 0.644 Å². The normalized spacial score (nSPS) is 9.43. The highest BCUT2D eigenvalue weighted by Crippen LogP contribution is 1.76. The van der Waals surface area contributed by atoms with Gasteiger partial charge in [-0.1, -0.05) is 30.3 Å². The van der Waals surface area contributed by atoms with Crippen LogP contribution in [0.1, 0.15) is 0 Å². The predicted octanol–water partition coefficient (Wildman–Crippen LogP) is 0.213. The van der Waals surface area contributed by atoms with Gasteiger partial charge in [0.25, 0.3) is 0 Å². The van der Waals surface area contributed by atoms with Crippen LogP contribution in [0.3, 0.4) is 0 Å². The van der Waals surface area contributed by atoms with E-state index >= 15 is 0 Å². The molecule has 0 amide bonds. The Morgan fingerprint density at radius 1 is 1.29 bits per heavy atom. The number of hydrogen-bond donors (Lipinski definition) is 0. The van der Waals surface area contributed by atoms with Crippen molar-refractivity contribution in [2.45, 2.75) is 0 Å². The second-order valence-electron chi connectivity index (χ2n) is 1.49. The number of benzene rings is 1. The molecule has 0 aliphatic rings. The van der Waals surface area contributed by atoms with Gasteiger partial charge in [-0.05, 0) is 0 Å². The van der Waals surface area contributed by atoms with Crippen LogP contribution in [0.25, 0.3) is 0 Å². The summed E-state index contributed by atoms with van der Waals surface area (Å²) in [6.07, 6.45) is 0. The number of hydrogen-bond acceptors (Lipinski definition) is 0. The van der Waals surface area contributed by atoms with Crippen LogP contribution in [0.15, 0.2) is 30.3 Å². The van der Waals surface area contributed by atoms with E-state index in [9.17, 15) is 0 Å². The van der Waals surface area contributed by atoms with Crippen LogP contribution in [-0.4, -0.2) is 22.2 Å². The van der Waals surface area contributed by atoms with E-state index in [1.54, 1.807) is 0 Å². The molecule has 1 rings (SSSR count). The minimum atomic E-state index is -0.659. The summed E-state index contributed by atoms with van der Waals surface area (Å²) in [5.41, 5.74) is 0. The first kappa shape index (κ1) is 3.93. The van der Waals surface area contributed by atoms with E-state index < -0.39 is 21.5 Å². The zero-order valence-electron chi connectivity index (χ0n) is 5.09. The summed E-state index contributed by atoms with van der Waals surface area (Å²) in [5.74, 6) is 0. The monoisotopic (exact) mass is 103 g/mol. The van der Waals surface area contributed by atoms with Crippen molar-refractivity contribution >= 4 is 25.2 Å². The van der Waals surface area contributed by atoms with Crippen molar-refractivity contribution in [1.82, 2.24) is 0 Å². The van der Waals surface area contributed by atoms with Gasteiger partial charge < -0.3 is 0 Å². The fourth-order valence-corrected chi connectivity index (χ4v) is 0.750. The van der Waals surface area contributed by atoms with Gasteiger partial charge in [-0.15, -0.1) is 0.644 Å². The Hall–Kier alpha value is -0.0138. The molecule has 0 nitrogen and oxygen atoms in total. The summed E-state index contributed by atoms with van der Waals surface area (Å²) < 4.78 is 8.30. The Kier molecular flexibility index (Phi) is 1.31. The molecule has 0 heterocycles. The summed E-state index contributed by atoms with van der Waals surface area (Å²) >= 11 is -0.659. The standard InChI is InChI=1S/C6H5.Mg.H/c1-2-4-6-5-3-1;;/h1-5H;;/i;;1+1. The highest BCUT2D eigenvalue weighted by Gasteiger charge is 1.72. The Balaban J connectivity index is 2.83. The first-order valence-electron chi connectivity index (χ1n) is 2.97. The van der Waals surface area contributed by atoms with Crippen LogP contribution in [0.4, 0.5) is 0 Å². The largest absolute Gasteiger partial charge is 0.384 e. The highest BCUT2D eigenvalue weighted by atomic mass is 24.4. The summed E-state index contributed by atoms with van der Waals surface area (Å²) in [4.78, 5) is 0. The smallest absolute Gasteiger partial charge is 0.180 e. The van der Waals surface area contributed by atoms with Crippen molar-refractivity contribution < 1.29 is 0 Å². The molecule has 0 atom stereocenters. The van der Waals surface area contributed by atoms with Gasteiger partial charge in [0, 0.05) is 0 Å². The lowest BCUT2D eigenvalue weighted by molar-refractivity contribution is 1.78. The minimum absolute atomic E-state index is 0.659. The molecule has 0 aliphatic heterocycles. The zero-order valence-corrected chi connectivity index (χ0v) is 5.51. The second kappa shape index (κ2) is 2.33. The maximum atomic E-state index is 7.08. The lowest BCUT2D eigenvalue weighted by atomic mass is 10.4. The topological polar surface area (TPSA) is 0 Å². The van der Waals surface area contributed by atoms with Crippen LogP contribution < -0.4 is 3.69 Å². The molecule has 1 heteroatoms. The van der Waals surface area contributed by atoms with E-state index in [1.165, 1.54) is 3.69 Å². The predicted molar refractivity (Wildman–Crippen MR) is 33.2 cm³/mol. The first-order chi connectivity index (χ1) is 3.93. The fraction of sp³-hybridized carbons (Fsp3) is 0. The quantitative estimate of drug-likeness (QED) is 0.446. The maximum absolute atomic E-state index is 7.08. The van der Waals surface area contributed by atoms with Crippen molar-refractivity contribution in [1.29, 1.82) is 0.644 Å². The molecule has 32 valence electrons. The molecule has 1 aromatic carbocycles. The molecule has 0 bridgehead atoms. The third-order valence-corrected chi connectivity index (χ3v) is 1.31. The summed E-state index contributed by atoms with van der Waals surface area (Å²) in [6.45, 7) is 0. The molecule has 0 fully saturated rings. The van der Waals surface area contributed by atoms with Crippen LogP contribution >= 0.6 is 0 Å². The molecular formula is C6H6Mg. The SMILES string of the molecule is [2H][Mg][c]1ccccc1. The molecule has 0 aromatic heterocycles. The van der Waals surface area contributed by atoms with Gasteiger partial charge in [0.05, 0.1) is 0 Å². The molecule has 0 spiro atoms. The lowest BCUT2D eigenvalue weighted by Gasteiger charge is -1.84. The molecule has 0 radical (unpaired) electrons. The van der Waals surface area contributed by atoms with Crippen molar-refractivity contribution in [3.8, 4) is 0 Å². The fourth-order valence-electron chi connectivity index (χ4n) is 0.478. The summed E-state index contributed by atoms with van der Waals surface area (Å²) in [5, 5.41) is 0. The van der Waals surface area contributed by atoms with Gasteiger partial charge in [0.15, 0.2) is 0 Å². The van der Waals surface area contributed by atoms with Crippen molar-refractivity contribution in [3.05, 3.63) is 30.3 Å². The van der Waals surface area contributed by atoms with Gasteiger partial charge in [-0.25, -0.2) is 0 Å². The van der Waals surface area contributed by atoms with E-state index in [0.717, 1.165) is 0 Å². The molecule has 0 saturated heterocycles. The molecule has 0 aliphatic carbocycles. The molecule has 1 aromatic rings. The Labute approximate surface area is 56.5 Å². The van der Waals surface area contributed by atoms with E-state index in [1.807, 2.05) is 30.3 Å². The van der Waals surface area contributed by atoms with Crippen LogP contribution in [0.5, 0.6) is 0 Å². The van der Waals surface area contributed by atoms with Crippen molar-refractivity contribution in [2.24, 2.45) is 0 Å². The van der Waals surface area contributed by atoms with E-state index in [-0.39, 0.29) is 0 Å². The third kappa shape index (κ3) is 1.49. The van der Waals surface area contributed by atoms with E-state index in [2.05, 4.69) is 0 Å². The molecule has 0 N–H and O–H groups in total. The summed E-state index contributed by atoms with van der Waals surface area (Å²) in [6, 6.07) is 9.97. The maximum Gasteiger partial charge on any atom is 0.384 e. The lowest BCUT2D eigenvalue weighted by Crippen LogP contribution is -1.97. The number of rotatable bonds is 1. The Morgan fingerprint density at radius 3 is 2.43 bits per heavy atom. The van der Waals surface area contributed by atoms with Crippen LogP contribution in [0, 0.1) is 0 Å². The average molecular weight is 103 g/mol. The molecule has 0 unspecified atom stereocenters. The third-order valence-electron chi connectivity index (χ3n) is 0.843. The molecular weight excluding hydrogens is 96.4 g/mol. The van der Waals surface area contributed by atoms with E-state index in [0.29, 0.717) is 0 Å². The van der Waals surface area contributed by atoms with Crippen LogP contribution in [-0.2, 0) is 0 Å². The Bertz CT molecular complexity index is 150. The second-order valence-corrected chi connectivity index (χ2v) is 2.30. The minimum Gasteiger partial charge on any atom is -0.180 e. The van der Waals surface area contributed by atoms with Gasteiger partial charge in [0.1, 0.15) is 0 Å². The van der Waals surface area contributed by atoms with Crippen LogP contribution in [0.2, 0.25) is 0 Å². The molecule has 0 saturated carbocycles. The summed E-state index contributed by atoms with van der Waals surface area (Å²) in [7, 11) is 0. The van der Waals surface area contributed by atoms with Gasteiger partial charge >= 0.3 is 21.5 Å². The van der Waals surface area contributed by atoms with Gasteiger partial charge in [-0.2, -0.15) is 3.69 Å². The highest BCUT2D eigenvalue weighted by molar-refractivity contribution is 6.32. The van der Waals surface area contributed by atoms with Gasteiger partial charge in [-0.3, -0.25) is 0 Å². The molecule has 7 heavy (non-hydrogen) atoms. The zero-order chi connectivity index (χ0) is 5.82.